The predicted octanol–water partition coefficient (Wildman–Crippen LogP) is 8.37. The van der Waals surface area contributed by atoms with E-state index < -0.39 is 40.0 Å². The zero-order valence-electron chi connectivity index (χ0n) is 27.4. The number of unbranched alkanes of at least 4 members (excludes halogenated alkanes) is 17. The highest BCUT2D eigenvalue weighted by atomic mass is 32.2. The van der Waals surface area contributed by atoms with Gasteiger partial charge in [0.05, 0.1) is 17.9 Å². The molecule has 0 bridgehead atoms. The first-order valence-corrected chi connectivity index (χ1v) is 18.9. The molecule has 0 saturated heterocycles. The van der Waals surface area contributed by atoms with Crippen molar-refractivity contribution in [2.45, 2.75) is 173 Å². The molecule has 0 rings (SSSR count). The Bertz CT molecular complexity index is 839. The number of carbonyl (C=O) groups excluding carboxylic acids is 1. The number of nitrogens with one attached hydrogen (secondary N) is 1. The van der Waals surface area contributed by atoms with Gasteiger partial charge < -0.3 is 15.5 Å². The lowest BCUT2D eigenvalue weighted by atomic mass is 10.0. The second kappa shape index (κ2) is 29.2. The molecule has 252 valence electrons. The van der Waals surface area contributed by atoms with Gasteiger partial charge in [-0.15, -0.1) is 0 Å². The summed E-state index contributed by atoms with van der Waals surface area (Å²) in [6.45, 7) is 4.36. The van der Waals surface area contributed by atoms with Gasteiger partial charge in [0.25, 0.3) is 10.1 Å². The summed E-state index contributed by atoms with van der Waals surface area (Å²) in [5, 5.41) is 23.1. The van der Waals surface area contributed by atoms with Crippen LogP contribution in [0.1, 0.15) is 155 Å². The van der Waals surface area contributed by atoms with Crippen LogP contribution < -0.4 is 5.32 Å². The number of aliphatic hydroxyl groups is 2. The molecule has 0 fully saturated rings. The fourth-order valence-corrected chi connectivity index (χ4v) is 5.68. The molecule has 0 aliphatic carbocycles. The van der Waals surface area contributed by atoms with E-state index in [1.54, 1.807) is 6.08 Å². The minimum atomic E-state index is -4.44. The largest absolute Gasteiger partial charge is 0.387 e. The molecular formula is C35H65NO6S. The summed E-state index contributed by atoms with van der Waals surface area (Å²) in [4.78, 5) is 12.5. The molecule has 0 aromatic carbocycles. The summed E-state index contributed by atoms with van der Waals surface area (Å²) >= 11 is 0. The molecule has 4 N–H and O–H groups in total. The van der Waals surface area contributed by atoms with Crippen molar-refractivity contribution in [2.75, 3.05) is 5.75 Å². The molecule has 1 amide bonds. The summed E-state index contributed by atoms with van der Waals surface area (Å²) < 4.78 is 32.1. The SMILES string of the molecule is CCC/C=C/CC/C=C/C(O)C(CS(=O)(=O)O)NC(=O)C(O)CCCCCCCC/C=C\CCCCCCCCCCC. The highest BCUT2D eigenvalue weighted by molar-refractivity contribution is 7.85. The highest BCUT2D eigenvalue weighted by Crippen LogP contribution is 2.13. The van der Waals surface area contributed by atoms with E-state index in [0.29, 0.717) is 12.8 Å². The van der Waals surface area contributed by atoms with Crippen LogP contribution in [0.25, 0.3) is 0 Å². The summed E-state index contributed by atoms with van der Waals surface area (Å²) in [6.07, 6.45) is 33.8. The minimum Gasteiger partial charge on any atom is -0.387 e. The van der Waals surface area contributed by atoms with Crippen LogP contribution in [0.5, 0.6) is 0 Å². The van der Waals surface area contributed by atoms with Crippen LogP contribution in [0, 0.1) is 0 Å². The van der Waals surface area contributed by atoms with E-state index in [9.17, 15) is 28.0 Å². The first kappa shape index (κ1) is 41.5. The second-order valence-corrected chi connectivity index (χ2v) is 13.4. The third-order valence-electron chi connectivity index (χ3n) is 7.63. The molecule has 0 aromatic heterocycles. The van der Waals surface area contributed by atoms with Crippen molar-refractivity contribution in [1.82, 2.24) is 5.32 Å². The standard InChI is InChI=1S/C35H65NO6S/c1-3-5-7-9-11-12-13-14-15-16-17-18-19-20-21-22-24-26-28-30-34(38)35(39)36-32(31-43(40,41)42)33(37)29-27-25-23-10-8-6-4-2/h8,10,17-18,27,29,32-34,37-38H,3-7,9,11-16,19-26,28,30-31H2,1-2H3,(H,36,39)(H,40,41,42)/b10-8+,18-17-,29-27+. The number of rotatable bonds is 30. The Kier molecular flexibility index (Phi) is 28.2. The third-order valence-corrected chi connectivity index (χ3v) is 8.41. The molecule has 0 aliphatic heterocycles. The predicted molar refractivity (Wildman–Crippen MR) is 181 cm³/mol. The molecule has 3 unspecified atom stereocenters. The Balaban J connectivity index is 4.01. The maximum absolute atomic E-state index is 12.5. The van der Waals surface area contributed by atoms with E-state index in [2.05, 4.69) is 37.4 Å². The van der Waals surface area contributed by atoms with E-state index in [1.807, 2.05) is 6.08 Å². The van der Waals surface area contributed by atoms with Crippen LogP contribution in [-0.2, 0) is 14.9 Å². The molecule has 0 saturated carbocycles. The van der Waals surface area contributed by atoms with E-state index >= 15 is 0 Å². The zero-order valence-corrected chi connectivity index (χ0v) is 28.3. The number of aliphatic hydroxyl groups excluding tert-OH is 2. The van der Waals surface area contributed by atoms with Gasteiger partial charge in [-0.2, -0.15) is 8.42 Å². The molecule has 0 radical (unpaired) electrons. The van der Waals surface area contributed by atoms with E-state index in [-0.39, 0.29) is 6.42 Å². The molecule has 0 heterocycles. The van der Waals surface area contributed by atoms with Gasteiger partial charge in [0.15, 0.2) is 0 Å². The molecule has 8 heteroatoms. The van der Waals surface area contributed by atoms with E-state index in [4.69, 9.17) is 0 Å². The van der Waals surface area contributed by atoms with Crippen LogP contribution in [0.3, 0.4) is 0 Å². The Morgan fingerprint density at radius 1 is 0.628 bits per heavy atom. The molecular weight excluding hydrogens is 562 g/mol. The van der Waals surface area contributed by atoms with Gasteiger partial charge in [0, 0.05) is 0 Å². The normalized spacial score (nSPS) is 14.6. The van der Waals surface area contributed by atoms with E-state index in [0.717, 1.165) is 44.9 Å². The zero-order chi connectivity index (χ0) is 32.0. The maximum atomic E-state index is 12.5. The van der Waals surface area contributed by atoms with Crippen molar-refractivity contribution in [3.8, 4) is 0 Å². The monoisotopic (exact) mass is 627 g/mol. The Morgan fingerprint density at radius 2 is 1.09 bits per heavy atom. The molecule has 3 atom stereocenters. The molecule has 7 nitrogen and oxygen atoms in total. The molecule has 0 aromatic rings. The summed E-state index contributed by atoms with van der Waals surface area (Å²) in [5.74, 6) is -1.57. The number of hydrogen-bond acceptors (Lipinski definition) is 5. The number of hydrogen-bond donors (Lipinski definition) is 4. The molecule has 0 aliphatic rings. The van der Waals surface area contributed by atoms with Crippen molar-refractivity contribution in [1.29, 1.82) is 0 Å². The quantitative estimate of drug-likeness (QED) is 0.0360. The van der Waals surface area contributed by atoms with Crippen molar-refractivity contribution < 1.29 is 28.0 Å². The van der Waals surface area contributed by atoms with Crippen molar-refractivity contribution in [2.24, 2.45) is 0 Å². The van der Waals surface area contributed by atoms with Crippen LogP contribution in [0.2, 0.25) is 0 Å². The van der Waals surface area contributed by atoms with Crippen LogP contribution in [0.15, 0.2) is 36.5 Å². The van der Waals surface area contributed by atoms with Crippen molar-refractivity contribution >= 4 is 16.0 Å². The van der Waals surface area contributed by atoms with Gasteiger partial charge in [0.1, 0.15) is 6.10 Å². The summed E-state index contributed by atoms with van der Waals surface area (Å²) in [7, 11) is -4.44. The Morgan fingerprint density at radius 3 is 1.63 bits per heavy atom. The second-order valence-electron chi connectivity index (χ2n) is 11.9. The van der Waals surface area contributed by atoms with E-state index in [1.165, 1.54) is 83.1 Å². The summed E-state index contributed by atoms with van der Waals surface area (Å²) in [6, 6.07) is -1.25. The lowest BCUT2D eigenvalue weighted by molar-refractivity contribution is -0.130. The average molecular weight is 628 g/mol. The first-order chi connectivity index (χ1) is 20.7. The van der Waals surface area contributed by atoms with Gasteiger partial charge in [0.2, 0.25) is 5.91 Å². The minimum absolute atomic E-state index is 0.266. The Labute approximate surface area is 264 Å². The molecule has 0 spiro atoms. The smallest absolute Gasteiger partial charge is 0.267 e. The van der Waals surface area contributed by atoms with Crippen molar-refractivity contribution in [3.63, 3.8) is 0 Å². The van der Waals surface area contributed by atoms with Crippen molar-refractivity contribution in [3.05, 3.63) is 36.5 Å². The maximum Gasteiger partial charge on any atom is 0.267 e. The Hall–Kier alpha value is -1.48. The lowest BCUT2D eigenvalue weighted by Crippen LogP contribution is -2.50. The fraction of sp³-hybridized carbons (Fsp3) is 0.800. The van der Waals surface area contributed by atoms with Gasteiger partial charge in [-0.25, -0.2) is 0 Å². The van der Waals surface area contributed by atoms with Crippen LogP contribution in [-0.4, -0.2) is 53.1 Å². The van der Waals surface area contributed by atoms with Gasteiger partial charge >= 0.3 is 0 Å². The average Bonchev–Trinajstić information content (AvgIpc) is 2.96. The highest BCUT2D eigenvalue weighted by Gasteiger charge is 2.27. The third kappa shape index (κ3) is 29.0. The molecule has 43 heavy (non-hydrogen) atoms. The van der Waals surface area contributed by atoms with Crippen LogP contribution in [0.4, 0.5) is 0 Å². The lowest BCUT2D eigenvalue weighted by Gasteiger charge is -2.22. The topological polar surface area (TPSA) is 124 Å². The number of carbonyl (C=O) groups is 1. The van der Waals surface area contributed by atoms with Gasteiger partial charge in [-0.3, -0.25) is 9.35 Å². The number of amides is 1. The fourth-order valence-electron chi connectivity index (χ4n) is 4.94. The van der Waals surface area contributed by atoms with Crippen LogP contribution >= 0.6 is 0 Å². The van der Waals surface area contributed by atoms with Gasteiger partial charge in [-0.05, 0) is 51.4 Å². The first-order valence-electron chi connectivity index (χ1n) is 17.3. The van der Waals surface area contributed by atoms with Gasteiger partial charge in [-0.1, -0.05) is 140 Å². The number of allylic oxidation sites excluding steroid dienone is 5. The summed E-state index contributed by atoms with van der Waals surface area (Å²) in [5.41, 5.74) is 0.